The summed E-state index contributed by atoms with van der Waals surface area (Å²) in [6, 6.07) is 6.31. The van der Waals surface area contributed by atoms with Crippen LogP contribution in [0.2, 0.25) is 0 Å². The molecule has 0 aliphatic carbocycles. The van der Waals surface area contributed by atoms with Crippen molar-refractivity contribution in [2.75, 3.05) is 16.2 Å². The van der Waals surface area contributed by atoms with Crippen LogP contribution in [0.4, 0.5) is 42.5 Å². The zero-order valence-electron chi connectivity index (χ0n) is 21.1. The molecule has 2 N–H and O–H groups in total. The predicted octanol–water partition coefficient (Wildman–Crippen LogP) is 5.66. The van der Waals surface area contributed by atoms with E-state index >= 15 is 0 Å². The SMILES string of the molecule is C[C@H](C[C@H]1CN(S(=O)(=O)c2cccc(C(F)(F)F)c2)c2cc(NC(=O)OC(C)(C)C(F)(F)F)ccc2O1)C(=O)O. The van der Waals surface area contributed by atoms with Gasteiger partial charge in [-0.15, -0.1) is 0 Å². The summed E-state index contributed by atoms with van der Waals surface area (Å²) in [5.41, 5.74) is -4.57. The minimum Gasteiger partial charge on any atom is -0.486 e. The van der Waals surface area contributed by atoms with Gasteiger partial charge in [-0.1, -0.05) is 13.0 Å². The highest BCUT2D eigenvalue weighted by Crippen LogP contribution is 2.41. The molecule has 9 nitrogen and oxygen atoms in total. The Morgan fingerprint density at radius 1 is 1.12 bits per heavy atom. The van der Waals surface area contributed by atoms with Crippen LogP contribution in [0, 0.1) is 5.92 Å². The number of hydrogen-bond donors (Lipinski definition) is 2. The quantitative estimate of drug-likeness (QED) is 0.395. The van der Waals surface area contributed by atoms with Gasteiger partial charge in [0.2, 0.25) is 5.60 Å². The maximum absolute atomic E-state index is 13.6. The Bertz CT molecular complexity index is 1390. The van der Waals surface area contributed by atoms with Crippen molar-refractivity contribution in [1.29, 1.82) is 0 Å². The first-order valence-corrected chi connectivity index (χ1v) is 13.0. The van der Waals surface area contributed by atoms with Crippen LogP contribution in [-0.4, -0.2) is 50.0 Å². The number of carbonyl (C=O) groups excluding carboxylic acids is 1. The van der Waals surface area contributed by atoms with Crippen molar-refractivity contribution in [3.8, 4) is 5.75 Å². The van der Waals surface area contributed by atoms with Crippen molar-refractivity contribution >= 4 is 33.5 Å². The van der Waals surface area contributed by atoms with Crippen LogP contribution in [0.15, 0.2) is 47.4 Å². The number of benzene rings is 2. The maximum Gasteiger partial charge on any atom is 0.427 e. The van der Waals surface area contributed by atoms with Gasteiger partial charge in [0.05, 0.1) is 28.6 Å². The van der Waals surface area contributed by atoms with Crippen molar-refractivity contribution in [2.24, 2.45) is 5.92 Å². The molecule has 1 heterocycles. The molecule has 0 bridgehead atoms. The second-order valence-corrected chi connectivity index (χ2v) is 11.3. The highest BCUT2D eigenvalue weighted by molar-refractivity contribution is 7.92. The first kappa shape index (κ1) is 30.8. The second kappa shape index (κ2) is 10.7. The number of carboxylic acid groups (broad SMARTS) is 1. The first-order chi connectivity index (χ1) is 18.2. The van der Waals surface area contributed by atoms with Crippen LogP contribution in [0.3, 0.4) is 0 Å². The average molecular weight is 599 g/mol. The summed E-state index contributed by atoms with van der Waals surface area (Å²) in [5, 5.41) is 11.3. The van der Waals surface area contributed by atoms with E-state index in [2.05, 4.69) is 10.1 Å². The molecule has 0 radical (unpaired) electrons. The normalized spacial score (nSPS) is 16.9. The maximum atomic E-state index is 13.6. The molecule has 0 saturated heterocycles. The summed E-state index contributed by atoms with van der Waals surface area (Å²) in [4.78, 5) is 22.8. The fraction of sp³-hybridized carbons (Fsp3) is 0.417. The molecule has 1 amide bonds. The molecule has 2 aromatic rings. The number of aliphatic carboxylic acids is 1. The lowest BCUT2D eigenvalue weighted by Crippen LogP contribution is -2.45. The smallest absolute Gasteiger partial charge is 0.427 e. The number of anilines is 2. The van der Waals surface area contributed by atoms with Gasteiger partial charge in [-0.25, -0.2) is 13.2 Å². The number of nitrogens with one attached hydrogen (secondary N) is 1. The highest BCUT2D eigenvalue weighted by atomic mass is 32.2. The first-order valence-electron chi connectivity index (χ1n) is 11.5. The third-order valence-electron chi connectivity index (χ3n) is 5.96. The van der Waals surface area contributed by atoms with Gasteiger partial charge in [-0.2, -0.15) is 26.3 Å². The number of carbonyl (C=O) groups is 2. The zero-order chi connectivity index (χ0) is 30.3. The van der Waals surface area contributed by atoms with Crippen LogP contribution in [0.25, 0.3) is 0 Å². The Morgan fingerprint density at radius 2 is 1.77 bits per heavy atom. The van der Waals surface area contributed by atoms with E-state index in [1.807, 2.05) is 0 Å². The molecule has 16 heteroatoms. The van der Waals surface area contributed by atoms with Gasteiger partial charge in [-0.3, -0.25) is 14.4 Å². The van der Waals surface area contributed by atoms with Crippen molar-refractivity contribution in [2.45, 2.75) is 56.1 Å². The fourth-order valence-electron chi connectivity index (χ4n) is 3.63. The Labute approximate surface area is 224 Å². The van der Waals surface area contributed by atoms with Crippen molar-refractivity contribution in [3.63, 3.8) is 0 Å². The molecule has 1 aliphatic heterocycles. The number of fused-ring (bicyclic) bond motifs is 1. The Morgan fingerprint density at radius 3 is 2.35 bits per heavy atom. The molecular formula is C24H24F6N2O7S. The average Bonchev–Trinajstić information content (AvgIpc) is 2.82. The summed E-state index contributed by atoms with van der Waals surface area (Å²) in [6.07, 6.45) is -12.5. The minimum atomic E-state index is -4.90. The Hall–Kier alpha value is -3.69. The van der Waals surface area contributed by atoms with Gasteiger partial charge in [-0.05, 0) is 56.7 Å². The highest BCUT2D eigenvalue weighted by Gasteiger charge is 2.51. The number of nitrogens with zero attached hydrogens (tertiary/aromatic N) is 1. The van der Waals surface area contributed by atoms with Gasteiger partial charge in [0.1, 0.15) is 11.9 Å². The van der Waals surface area contributed by atoms with Gasteiger partial charge >= 0.3 is 24.4 Å². The summed E-state index contributed by atoms with van der Waals surface area (Å²) < 4.78 is 117. The number of hydrogen-bond acceptors (Lipinski definition) is 6. The van der Waals surface area contributed by atoms with Crippen molar-refractivity contribution in [3.05, 3.63) is 48.0 Å². The molecule has 220 valence electrons. The van der Waals surface area contributed by atoms with Crippen LogP contribution < -0.4 is 14.4 Å². The standard InChI is InChI=1S/C24H24F6N2O7S/c1-13(20(33)34)9-16-12-32(40(36,37)17-6-4-5-14(10-17)23(25,26)27)18-11-15(7-8-19(18)38-16)31-21(35)39-22(2,3)24(28,29)30/h4-8,10-11,13,16H,9,12H2,1-3H3,(H,31,35)(H,33,34)/t13-,16+/m1/s1. The van der Waals surface area contributed by atoms with E-state index in [0.717, 1.165) is 18.2 Å². The molecule has 3 rings (SSSR count). The van der Waals surface area contributed by atoms with E-state index in [1.54, 1.807) is 0 Å². The third kappa shape index (κ3) is 6.71. The number of carboxylic acids is 1. The second-order valence-electron chi connectivity index (χ2n) is 9.48. The summed E-state index contributed by atoms with van der Waals surface area (Å²) in [5.74, 6) is -2.29. The lowest BCUT2D eigenvalue weighted by atomic mass is 10.0. The van der Waals surface area contributed by atoms with Gasteiger partial charge in [0, 0.05) is 5.69 Å². The van der Waals surface area contributed by atoms with E-state index in [9.17, 15) is 49.5 Å². The lowest BCUT2D eigenvalue weighted by molar-refractivity contribution is -0.242. The van der Waals surface area contributed by atoms with Crippen LogP contribution in [0.5, 0.6) is 5.75 Å². The monoisotopic (exact) mass is 598 g/mol. The number of amides is 1. The molecule has 0 fully saturated rings. The van der Waals surface area contributed by atoms with Gasteiger partial charge in [0.15, 0.2) is 0 Å². The van der Waals surface area contributed by atoms with Crippen LogP contribution >= 0.6 is 0 Å². The van der Waals surface area contributed by atoms with Gasteiger partial charge < -0.3 is 14.6 Å². The van der Waals surface area contributed by atoms with Crippen molar-refractivity contribution in [1.82, 2.24) is 0 Å². The van der Waals surface area contributed by atoms with E-state index < -0.39 is 69.1 Å². The molecule has 0 aromatic heterocycles. The molecular weight excluding hydrogens is 574 g/mol. The molecule has 40 heavy (non-hydrogen) atoms. The number of ether oxygens (including phenoxy) is 2. The Kier molecular flexibility index (Phi) is 8.26. The van der Waals surface area contributed by atoms with E-state index in [-0.39, 0.29) is 23.5 Å². The zero-order valence-corrected chi connectivity index (χ0v) is 21.9. The molecule has 1 aliphatic rings. The number of halogens is 6. The van der Waals surface area contributed by atoms with Crippen LogP contribution in [0.1, 0.15) is 32.8 Å². The molecule has 0 unspecified atom stereocenters. The Balaban J connectivity index is 2.02. The number of rotatable bonds is 7. The number of alkyl halides is 6. The van der Waals surface area contributed by atoms with Gasteiger partial charge in [0.25, 0.3) is 10.0 Å². The summed E-state index contributed by atoms with van der Waals surface area (Å²) >= 11 is 0. The fourth-order valence-corrected chi connectivity index (χ4v) is 5.17. The van der Waals surface area contributed by atoms with Crippen LogP contribution in [-0.2, 0) is 25.7 Å². The minimum absolute atomic E-state index is 0.126. The number of sulfonamides is 1. The van der Waals surface area contributed by atoms with Crippen molar-refractivity contribution < 1.29 is 58.9 Å². The largest absolute Gasteiger partial charge is 0.486 e. The van der Waals surface area contributed by atoms with E-state index in [4.69, 9.17) is 4.74 Å². The third-order valence-corrected chi connectivity index (χ3v) is 7.73. The lowest BCUT2D eigenvalue weighted by Gasteiger charge is -2.36. The molecule has 0 saturated carbocycles. The van der Waals surface area contributed by atoms with E-state index in [1.165, 1.54) is 19.1 Å². The summed E-state index contributed by atoms with van der Waals surface area (Å²) in [6.45, 7) is 2.08. The predicted molar refractivity (Wildman–Crippen MR) is 128 cm³/mol. The molecule has 2 aromatic carbocycles. The summed E-state index contributed by atoms with van der Waals surface area (Å²) in [7, 11) is -4.73. The van der Waals surface area contributed by atoms with E-state index in [0.29, 0.717) is 30.3 Å². The molecule has 2 atom stereocenters. The topological polar surface area (TPSA) is 122 Å². The molecule has 0 spiro atoms.